The van der Waals surface area contributed by atoms with E-state index in [4.69, 9.17) is 27.9 Å². The van der Waals surface area contributed by atoms with Crippen LogP contribution in [0.15, 0.2) is 54.6 Å². The van der Waals surface area contributed by atoms with Crippen LogP contribution in [0.25, 0.3) is 33.2 Å². The molecule has 3 aliphatic rings. The van der Waals surface area contributed by atoms with Crippen molar-refractivity contribution in [3.05, 3.63) is 114 Å². The van der Waals surface area contributed by atoms with E-state index in [9.17, 15) is 19.8 Å². The second-order valence-corrected chi connectivity index (χ2v) is 14.6. The number of hydrogen-bond acceptors (Lipinski definition) is 5. The summed E-state index contributed by atoms with van der Waals surface area (Å²) in [5.74, 6) is -1.89. The number of fused-ring (bicyclic) bond motifs is 12. The van der Waals surface area contributed by atoms with Gasteiger partial charge in [0, 0.05) is 44.2 Å². The normalized spacial score (nSPS) is 16.4. The first-order chi connectivity index (χ1) is 21.8. The number of aryl methyl sites for hydroxylation is 1. The van der Waals surface area contributed by atoms with Crippen molar-refractivity contribution < 1.29 is 24.5 Å². The van der Waals surface area contributed by atoms with E-state index in [1.54, 1.807) is 0 Å². The zero-order valence-corrected chi connectivity index (χ0v) is 27.2. The summed E-state index contributed by atoms with van der Waals surface area (Å²) < 4.78 is 7.24. The lowest BCUT2D eigenvalue weighted by molar-refractivity contribution is -0.256. The molecule has 0 fully saturated rings. The number of benzene rings is 5. The van der Waals surface area contributed by atoms with Crippen molar-refractivity contribution in [2.45, 2.75) is 65.2 Å². The van der Waals surface area contributed by atoms with Crippen LogP contribution < -0.4 is 25.4 Å². The molecule has 7 heteroatoms. The van der Waals surface area contributed by atoms with E-state index in [1.165, 1.54) is 5.56 Å². The first-order valence-corrected chi connectivity index (χ1v) is 16.1. The molecule has 8 rings (SSSR count). The minimum Gasteiger partial charge on any atom is -0.545 e. The van der Waals surface area contributed by atoms with Crippen molar-refractivity contribution in [3.63, 3.8) is 0 Å². The van der Waals surface area contributed by atoms with Crippen LogP contribution >= 0.6 is 23.2 Å². The Labute approximate surface area is 282 Å². The molecule has 0 unspecified atom stereocenters. The molecule has 5 aromatic rings. The maximum absolute atomic E-state index is 13.0. The van der Waals surface area contributed by atoms with E-state index in [0.717, 1.165) is 63.2 Å². The topological polar surface area (TPSA) is 89.5 Å². The van der Waals surface area contributed by atoms with Gasteiger partial charge in [-0.15, -0.1) is 0 Å². The van der Waals surface area contributed by atoms with Crippen LogP contribution in [-0.2, 0) is 17.3 Å². The van der Waals surface area contributed by atoms with Gasteiger partial charge < -0.3 is 24.5 Å². The number of carboxylic acids is 2. The molecule has 238 valence electrons. The van der Waals surface area contributed by atoms with Gasteiger partial charge in [-0.2, -0.15) is 0 Å². The van der Waals surface area contributed by atoms with Gasteiger partial charge in [0.25, 0.3) is 0 Å². The fourth-order valence-corrected chi connectivity index (χ4v) is 8.79. The van der Waals surface area contributed by atoms with E-state index in [0.29, 0.717) is 27.9 Å². The van der Waals surface area contributed by atoms with Crippen LogP contribution in [0.3, 0.4) is 0 Å². The van der Waals surface area contributed by atoms with Gasteiger partial charge in [0.15, 0.2) is 0 Å². The number of ether oxygens (including phenoxy) is 1. The van der Waals surface area contributed by atoms with Gasteiger partial charge in [0.2, 0.25) is 0 Å². The standard InChI is InChI=1S/C39H30Cl2O5.CH4/c1-38(2)15-13-22-18-9-5-7-11-20(18)26-29(30-28(37(44)45)25(40)17-24(33(30)41)36(42)43)27-21-12-8-6-10-19(21)23-14-16-39(3,4)32(23)35(27)46-34(26)31(22)38;/h5-13,17H,14-16H2,1-4H3,(H,42,43)(H,44,45);1H4/p-2. The van der Waals surface area contributed by atoms with E-state index in [-0.39, 0.29) is 39.4 Å². The van der Waals surface area contributed by atoms with Crippen molar-refractivity contribution in [2.24, 2.45) is 0 Å². The van der Waals surface area contributed by atoms with Crippen molar-refractivity contribution >= 4 is 68.3 Å². The first kappa shape index (κ1) is 31.3. The van der Waals surface area contributed by atoms with Gasteiger partial charge in [-0.3, -0.25) is 0 Å². The Bertz CT molecular complexity index is 2400. The Balaban J connectivity index is 0.00000351. The van der Waals surface area contributed by atoms with E-state index in [1.807, 2.05) is 36.4 Å². The Morgan fingerprint density at radius 2 is 1.43 bits per heavy atom. The number of aromatic carboxylic acids is 2. The van der Waals surface area contributed by atoms with Gasteiger partial charge in [-0.25, -0.2) is 0 Å². The highest BCUT2D eigenvalue weighted by Crippen LogP contribution is 2.55. The van der Waals surface area contributed by atoms with E-state index < -0.39 is 17.5 Å². The molecule has 0 spiro atoms. The number of rotatable bonds is 3. The molecule has 0 aromatic heterocycles. The highest BCUT2D eigenvalue weighted by atomic mass is 35.5. The third kappa shape index (κ3) is 4.15. The predicted octanol–water partition coefficient (Wildman–Crippen LogP) is 6.70. The molecule has 2 aliphatic carbocycles. The fourth-order valence-electron chi connectivity index (χ4n) is 8.19. The van der Waals surface area contributed by atoms with Crippen LogP contribution in [0.4, 0.5) is 0 Å². The van der Waals surface area contributed by atoms with Gasteiger partial charge in [0.05, 0.1) is 22.0 Å². The number of carboxylic acid groups (broad SMARTS) is 2. The Morgan fingerprint density at radius 3 is 2.09 bits per heavy atom. The van der Waals surface area contributed by atoms with Gasteiger partial charge in [0.1, 0.15) is 11.5 Å². The number of halogens is 2. The molecular formula is C40H32Cl2O5-2. The zero-order chi connectivity index (χ0) is 32.4. The average Bonchev–Trinajstić information content (AvgIpc) is 3.52. The van der Waals surface area contributed by atoms with Crippen molar-refractivity contribution in [1.82, 2.24) is 0 Å². The Morgan fingerprint density at radius 1 is 0.787 bits per heavy atom. The second-order valence-electron chi connectivity index (χ2n) is 13.8. The molecule has 0 saturated heterocycles. The monoisotopic (exact) mass is 662 g/mol. The Kier molecular flexibility index (Phi) is 6.88. The van der Waals surface area contributed by atoms with E-state index >= 15 is 0 Å². The summed E-state index contributed by atoms with van der Waals surface area (Å²) in [5.41, 5.74) is 2.97. The lowest BCUT2D eigenvalue weighted by atomic mass is 9.77. The quantitative estimate of drug-likeness (QED) is 0.210. The largest absolute Gasteiger partial charge is 0.545 e. The highest BCUT2D eigenvalue weighted by Gasteiger charge is 2.42. The van der Waals surface area contributed by atoms with Crippen LogP contribution in [0.5, 0.6) is 11.5 Å². The molecule has 5 aromatic carbocycles. The highest BCUT2D eigenvalue weighted by molar-refractivity contribution is 6.40. The van der Waals surface area contributed by atoms with Crippen LogP contribution in [0, 0.1) is 0 Å². The molecule has 5 nitrogen and oxygen atoms in total. The summed E-state index contributed by atoms with van der Waals surface area (Å²) in [6, 6.07) is 17.0. The molecule has 1 aliphatic heterocycles. The van der Waals surface area contributed by atoms with Gasteiger partial charge in [-0.05, 0) is 68.5 Å². The molecule has 0 bridgehead atoms. The van der Waals surface area contributed by atoms with Crippen LogP contribution in [-0.4, -0.2) is 11.9 Å². The smallest absolute Gasteiger partial charge is 0.140 e. The average molecular weight is 664 g/mol. The molecule has 47 heavy (non-hydrogen) atoms. The van der Waals surface area contributed by atoms with E-state index in [2.05, 4.69) is 45.9 Å². The number of hydrogen-bond donors (Lipinski definition) is 0. The summed E-state index contributed by atoms with van der Waals surface area (Å²) in [6.45, 7) is 8.74. The lowest BCUT2D eigenvalue weighted by Gasteiger charge is -2.34. The third-order valence-electron chi connectivity index (χ3n) is 10.3. The van der Waals surface area contributed by atoms with Crippen LogP contribution in [0.1, 0.15) is 96.5 Å². The van der Waals surface area contributed by atoms with Gasteiger partial charge >= 0.3 is 0 Å². The predicted molar refractivity (Wildman–Crippen MR) is 184 cm³/mol. The maximum Gasteiger partial charge on any atom is 0.140 e. The van der Waals surface area contributed by atoms with Gasteiger partial charge in [-0.1, -0.05) is 113 Å². The van der Waals surface area contributed by atoms with Crippen molar-refractivity contribution in [3.8, 4) is 11.5 Å². The minimum absolute atomic E-state index is 0. The Hall–Kier alpha value is -4.32. The van der Waals surface area contributed by atoms with Crippen LogP contribution in [0.2, 0.25) is 10.0 Å². The lowest BCUT2D eigenvalue weighted by Crippen LogP contribution is -2.32. The molecule has 0 N–H and O–H groups in total. The number of carbonyl (C=O) groups is 2. The maximum atomic E-state index is 13.0. The summed E-state index contributed by atoms with van der Waals surface area (Å²) in [7, 11) is 0. The molecule has 0 amide bonds. The van der Waals surface area contributed by atoms with Crippen molar-refractivity contribution in [1.29, 1.82) is 0 Å². The summed E-state index contributed by atoms with van der Waals surface area (Å²) in [6.07, 6.45) is 4.78. The molecule has 0 atom stereocenters. The summed E-state index contributed by atoms with van der Waals surface area (Å²) in [5, 5.41) is 30.2. The number of carbonyl (C=O) groups excluding carboxylic acids is 2. The third-order valence-corrected chi connectivity index (χ3v) is 10.9. The summed E-state index contributed by atoms with van der Waals surface area (Å²) >= 11 is 13.6. The first-order valence-electron chi connectivity index (χ1n) is 15.3. The molecule has 0 radical (unpaired) electrons. The van der Waals surface area contributed by atoms with Crippen molar-refractivity contribution in [2.75, 3.05) is 0 Å². The minimum atomic E-state index is -1.57. The molecule has 1 heterocycles. The molecular weight excluding hydrogens is 631 g/mol. The zero-order valence-electron chi connectivity index (χ0n) is 25.7. The SMILES string of the molecule is C.CC1(C)CCc2c1c1c(c3ccccc23)C(c2c(Cl)c(C(=O)[O-])cc(Cl)c2C(=O)[O-])=c2c(c3c(c4ccccc24)=CCC3(C)C)O1. The molecule has 0 saturated carbocycles. The summed E-state index contributed by atoms with van der Waals surface area (Å²) in [4.78, 5) is 25.4. The second kappa shape index (κ2) is 10.3. The fraction of sp³-hybridized carbons (Fsp3) is 0.250.